The Morgan fingerprint density at radius 3 is 2.04 bits per heavy atom. The molecular formula is C16H24F3NO3. The van der Waals surface area contributed by atoms with Crippen LogP contribution in [0.2, 0.25) is 0 Å². The summed E-state index contributed by atoms with van der Waals surface area (Å²) in [6.07, 6.45) is -2.66. The van der Waals surface area contributed by atoms with E-state index in [1.54, 1.807) is 0 Å². The third-order valence-corrected chi connectivity index (χ3v) is 6.22. The number of carbonyl (C=O) groups excluding carboxylic acids is 1. The summed E-state index contributed by atoms with van der Waals surface area (Å²) < 4.78 is 39.9. The van der Waals surface area contributed by atoms with Gasteiger partial charge in [-0.05, 0) is 51.4 Å². The average molecular weight is 335 g/mol. The molecule has 0 aliphatic heterocycles. The zero-order valence-corrected chi connectivity index (χ0v) is 13.5. The first kappa shape index (κ1) is 17.0. The normalized spacial score (nSPS) is 44.9. The minimum absolute atomic E-state index is 0.0420. The van der Waals surface area contributed by atoms with Gasteiger partial charge in [-0.3, -0.25) is 4.79 Å². The van der Waals surface area contributed by atoms with Gasteiger partial charge in [-0.25, -0.2) is 0 Å². The van der Waals surface area contributed by atoms with Crippen LogP contribution in [0, 0.1) is 11.3 Å². The van der Waals surface area contributed by atoms with Crippen LogP contribution in [0.15, 0.2) is 0 Å². The molecule has 4 aliphatic rings. The van der Waals surface area contributed by atoms with Crippen molar-refractivity contribution in [1.82, 2.24) is 5.32 Å². The van der Waals surface area contributed by atoms with Gasteiger partial charge in [-0.15, -0.1) is 0 Å². The van der Waals surface area contributed by atoms with Crippen LogP contribution in [0.25, 0.3) is 0 Å². The molecule has 3 N–H and O–H groups in total. The van der Waals surface area contributed by atoms with E-state index in [0.717, 1.165) is 6.92 Å². The van der Waals surface area contributed by atoms with E-state index in [0.29, 0.717) is 19.3 Å². The summed E-state index contributed by atoms with van der Waals surface area (Å²) in [5.74, 6) is -1.01. The summed E-state index contributed by atoms with van der Waals surface area (Å²) in [4.78, 5) is 12.4. The van der Waals surface area contributed by atoms with Gasteiger partial charge >= 0.3 is 6.18 Å². The molecule has 23 heavy (non-hydrogen) atoms. The van der Waals surface area contributed by atoms with Gasteiger partial charge in [0.25, 0.3) is 0 Å². The number of alkyl halides is 3. The molecule has 0 heterocycles. The molecule has 1 amide bonds. The molecule has 3 unspecified atom stereocenters. The quantitative estimate of drug-likeness (QED) is 0.741. The number of rotatable bonds is 3. The summed E-state index contributed by atoms with van der Waals surface area (Å²) in [5, 5.41) is 23.9. The van der Waals surface area contributed by atoms with Crippen LogP contribution in [-0.2, 0) is 4.79 Å². The van der Waals surface area contributed by atoms with Crippen molar-refractivity contribution in [2.45, 2.75) is 81.7 Å². The van der Waals surface area contributed by atoms with Gasteiger partial charge in [0, 0.05) is 12.0 Å². The van der Waals surface area contributed by atoms with Gasteiger partial charge in [0.15, 0.2) is 0 Å². The maximum Gasteiger partial charge on any atom is 0.402 e. The zero-order valence-electron chi connectivity index (χ0n) is 13.5. The number of hydrogen-bond acceptors (Lipinski definition) is 3. The molecule has 4 aliphatic carbocycles. The van der Waals surface area contributed by atoms with Crippen LogP contribution in [0.4, 0.5) is 13.2 Å². The Kier molecular flexibility index (Phi) is 3.42. The number of carbonyl (C=O) groups is 1. The van der Waals surface area contributed by atoms with Gasteiger partial charge in [0.2, 0.25) is 5.91 Å². The molecule has 0 spiro atoms. The van der Waals surface area contributed by atoms with Crippen molar-refractivity contribution < 1.29 is 28.2 Å². The van der Waals surface area contributed by atoms with Crippen molar-refractivity contribution in [2.24, 2.45) is 11.3 Å². The molecule has 0 aromatic rings. The van der Waals surface area contributed by atoms with Crippen molar-refractivity contribution in [2.75, 3.05) is 0 Å². The number of halogens is 3. The molecular weight excluding hydrogens is 311 g/mol. The van der Waals surface area contributed by atoms with E-state index < -0.39 is 34.2 Å². The van der Waals surface area contributed by atoms with Crippen LogP contribution < -0.4 is 5.32 Å². The molecule has 4 saturated carbocycles. The van der Waals surface area contributed by atoms with E-state index in [2.05, 4.69) is 5.32 Å². The van der Waals surface area contributed by atoms with Crippen molar-refractivity contribution in [3.05, 3.63) is 0 Å². The van der Waals surface area contributed by atoms with Gasteiger partial charge in [0.05, 0.1) is 11.2 Å². The van der Waals surface area contributed by atoms with Crippen molar-refractivity contribution in [3.63, 3.8) is 0 Å². The Morgan fingerprint density at radius 1 is 1.13 bits per heavy atom. The Morgan fingerprint density at radius 2 is 1.65 bits per heavy atom. The Hall–Kier alpha value is -0.820. The molecule has 4 nitrogen and oxygen atoms in total. The smallest absolute Gasteiger partial charge is 0.390 e. The van der Waals surface area contributed by atoms with Crippen LogP contribution >= 0.6 is 0 Å². The molecule has 4 rings (SSSR count). The molecule has 0 saturated heterocycles. The highest BCUT2D eigenvalue weighted by molar-refractivity contribution is 5.84. The van der Waals surface area contributed by atoms with Crippen molar-refractivity contribution >= 4 is 5.91 Å². The van der Waals surface area contributed by atoms with Gasteiger partial charge in [0.1, 0.15) is 5.41 Å². The first-order valence-electron chi connectivity index (χ1n) is 8.19. The van der Waals surface area contributed by atoms with Crippen molar-refractivity contribution in [1.29, 1.82) is 0 Å². The highest BCUT2D eigenvalue weighted by Gasteiger charge is 2.65. The first-order valence-corrected chi connectivity index (χ1v) is 8.19. The Labute approximate surface area is 133 Å². The largest absolute Gasteiger partial charge is 0.402 e. The highest BCUT2D eigenvalue weighted by Crippen LogP contribution is 2.59. The van der Waals surface area contributed by atoms with E-state index in [-0.39, 0.29) is 31.6 Å². The molecule has 132 valence electrons. The lowest BCUT2D eigenvalue weighted by Crippen LogP contribution is -2.72. The van der Waals surface area contributed by atoms with Crippen LogP contribution in [0.1, 0.15) is 58.8 Å². The summed E-state index contributed by atoms with van der Waals surface area (Å²) in [6, 6.07) is 0. The van der Waals surface area contributed by atoms with Crippen LogP contribution in [0.3, 0.4) is 0 Å². The maximum atomic E-state index is 13.3. The minimum atomic E-state index is -4.64. The predicted octanol–water partition coefficient (Wildman–Crippen LogP) is 2.28. The fourth-order valence-electron chi connectivity index (χ4n) is 5.34. The Balaban J connectivity index is 1.87. The van der Waals surface area contributed by atoms with Crippen LogP contribution in [0.5, 0.6) is 0 Å². The number of hydrogen-bond donors (Lipinski definition) is 3. The van der Waals surface area contributed by atoms with Gasteiger partial charge in [-0.1, -0.05) is 6.92 Å². The van der Waals surface area contributed by atoms with E-state index in [4.69, 9.17) is 0 Å². The molecule has 0 radical (unpaired) electrons. The van der Waals surface area contributed by atoms with E-state index in [1.165, 1.54) is 6.92 Å². The van der Waals surface area contributed by atoms with Crippen molar-refractivity contribution in [3.8, 4) is 0 Å². The second-order valence-electron chi connectivity index (χ2n) is 8.38. The maximum absolute atomic E-state index is 13.3. The number of aliphatic hydroxyl groups is 2. The lowest BCUT2D eigenvalue weighted by molar-refractivity contribution is -0.228. The first-order chi connectivity index (χ1) is 10.3. The fourth-order valence-corrected chi connectivity index (χ4v) is 5.34. The summed E-state index contributed by atoms with van der Waals surface area (Å²) in [6.45, 7) is 2.25. The third kappa shape index (κ3) is 2.56. The predicted molar refractivity (Wildman–Crippen MR) is 76.4 cm³/mol. The second kappa shape index (κ2) is 4.63. The lowest BCUT2D eigenvalue weighted by Gasteiger charge is -2.63. The minimum Gasteiger partial charge on any atom is -0.390 e. The monoisotopic (exact) mass is 335 g/mol. The molecule has 4 fully saturated rings. The number of nitrogens with one attached hydrogen (secondary N) is 1. The number of amides is 1. The van der Waals surface area contributed by atoms with E-state index >= 15 is 0 Å². The van der Waals surface area contributed by atoms with Gasteiger partial charge in [-0.2, -0.15) is 13.2 Å². The topological polar surface area (TPSA) is 69.6 Å². The Bertz CT molecular complexity index is 517. The molecule has 7 heteroatoms. The van der Waals surface area contributed by atoms with Gasteiger partial charge < -0.3 is 15.5 Å². The summed E-state index contributed by atoms with van der Waals surface area (Å²) in [5.41, 5.74) is -5.55. The third-order valence-electron chi connectivity index (χ3n) is 6.22. The molecule has 0 aromatic carbocycles. The molecule has 3 atom stereocenters. The zero-order chi connectivity index (χ0) is 17.3. The standard InChI is InChI=1S/C16H24F3NO3/c1-3-12(2,16(17,18)19)11(21)20-13-4-10-5-14(22,7-13)9-15(23,6-10)8-13/h10,22-23H,3-9H2,1-2H3,(H,20,21). The average Bonchev–Trinajstić information content (AvgIpc) is 2.30. The lowest BCUT2D eigenvalue weighted by atomic mass is 9.49. The van der Waals surface area contributed by atoms with E-state index in [9.17, 15) is 28.2 Å². The summed E-state index contributed by atoms with van der Waals surface area (Å²) in [7, 11) is 0. The molecule has 4 bridgehead atoms. The summed E-state index contributed by atoms with van der Waals surface area (Å²) >= 11 is 0. The fraction of sp³-hybridized carbons (Fsp3) is 0.938. The van der Waals surface area contributed by atoms with E-state index in [1.807, 2.05) is 0 Å². The SMILES string of the molecule is CCC(C)(C(=O)NC12CC3CC(O)(CC(O)(C3)C1)C2)C(F)(F)F. The second-order valence-corrected chi connectivity index (χ2v) is 8.38. The van der Waals surface area contributed by atoms with Crippen LogP contribution in [-0.4, -0.2) is 39.0 Å². The molecule has 0 aromatic heterocycles. The highest BCUT2D eigenvalue weighted by atomic mass is 19.4.